The lowest BCUT2D eigenvalue weighted by atomic mass is 10.0. The number of nitrogens with zero attached hydrogens (tertiary/aromatic N) is 2. The van der Waals surface area contributed by atoms with Crippen LogP contribution in [0.15, 0.2) is 60.8 Å². The second-order valence-corrected chi connectivity index (χ2v) is 9.37. The van der Waals surface area contributed by atoms with Gasteiger partial charge in [-0.1, -0.05) is 17.7 Å². The number of aromatic nitrogens is 2. The predicted octanol–water partition coefficient (Wildman–Crippen LogP) is 6.53. The third kappa shape index (κ3) is 5.89. The first kappa shape index (κ1) is 25.1. The van der Waals surface area contributed by atoms with Crippen molar-refractivity contribution in [2.45, 2.75) is 31.9 Å². The molecule has 1 fully saturated rings. The average molecular weight is 520 g/mol. The smallest absolute Gasteiger partial charge is 0.127 e. The predicted molar refractivity (Wildman–Crippen MR) is 146 cm³/mol. The molecule has 0 spiro atoms. The lowest BCUT2D eigenvalue weighted by Crippen LogP contribution is -2.11. The molecule has 1 saturated heterocycles. The van der Waals surface area contributed by atoms with Crippen LogP contribution >= 0.6 is 11.6 Å². The molecule has 1 N–H and O–H groups in total. The van der Waals surface area contributed by atoms with Crippen LogP contribution in [0, 0.1) is 0 Å². The summed E-state index contributed by atoms with van der Waals surface area (Å²) in [6.07, 6.45) is 5.12. The number of anilines is 1. The summed E-state index contributed by atoms with van der Waals surface area (Å²) in [5.74, 6) is 2.30. The molecule has 0 amide bonds. The molecule has 0 saturated carbocycles. The van der Waals surface area contributed by atoms with Crippen LogP contribution in [0.4, 0.5) is 5.69 Å². The fourth-order valence-electron chi connectivity index (χ4n) is 4.58. The van der Waals surface area contributed by atoms with Crippen LogP contribution in [0.3, 0.4) is 0 Å². The van der Waals surface area contributed by atoms with E-state index < -0.39 is 0 Å². The van der Waals surface area contributed by atoms with Crippen molar-refractivity contribution < 1.29 is 18.9 Å². The van der Waals surface area contributed by atoms with E-state index in [0.717, 1.165) is 76.4 Å². The van der Waals surface area contributed by atoms with Crippen LogP contribution in [0.2, 0.25) is 5.02 Å². The highest BCUT2D eigenvalue weighted by Crippen LogP contribution is 2.35. The first-order chi connectivity index (χ1) is 18.1. The highest BCUT2D eigenvalue weighted by atomic mass is 35.5. The molecule has 0 radical (unpaired) electrons. The fraction of sp³-hybridized carbons (Fsp3) is 0.310. The first-order valence-electron chi connectivity index (χ1n) is 12.4. The maximum absolute atomic E-state index is 6.36. The fourth-order valence-corrected chi connectivity index (χ4v) is 4.76. The maximum Gasteiger partial charge on any atom is 0.127 e. The summed E-state index contributed by atoms with van der Waals surface area (Å²) in [6, 6.07) is 17.6. The molecule has 1 unspecified atom stereocenters. The molecule has 8 heteroatoms. The normalized spacial score (nSPS) is 15.1. The zero-order chi connectivity index (χ0) is 25.6. The zero-order valence-electron chi connectivity index (χ0n) is 21.0. The topological polar surface area (TPSA) is 74.7 Å². The van der Waals surface area contributed by atoms with E-state index in [0.29, 0.717) is 18.2 Å². The van der Waals surface area contributed by atoms with Crippen LogP contribution in [0.1, 0.15) is 24.8 Å². The van der Waals surface area contributed by atoms with Gasteiger partial charge in [-0.25, -0.2) is 0 Å². The van der Waals surface area contributed by atoms with Crippen molar-refractivity contribution in [3.05, 3.63) is 71.4 Å². The Morgan fingerprint density at radius 3 is 2.76 bits per heavy atom. The van der Waals surface area contributed by atoms with Gasteiger partial charge in [-0.05, 0) is 60.9 Å². The summed E-state index contributed by atoms with van der Waals surface area (Å²) in [7, 11) is 3.29. The van der Waals surface area contributed by atoms with Gasteiger partial charge in [0.05, 0.1) is 44.3 Å². The minimum Gasteiger partial charge on any atom is -0.497 e. The van der Waals surface area contributed by atoms with E-state index in [9.17, 15) is 0 Å². The van der Waals surface area contributed by atoms with Crippen LogP contribution in [-0.2, 0) is 11.3 Å². The molecule has 2 heterocycles. The lowest BCUT2D eigenvalue weighted by molar-refractivity contribution is 0.0904. The summed E-state index contributed by atoms with van der Waals surface area (Å²) in [6.45, 7) is 2.00. The Kier molecular flexibility index (Phi) is 7.92. The Morgan fingerprint density at radius 2 is 1.95 bits per heavy atom. The third-order valence-electron chi connectivity index (χ3n) is 6.58. The summed E-state index contributed by atoms with van der Waals surface area (Å²) >= 11 is 6.36. The van der Waals surface area contributed by atoms with Gasteiger partial charge in [0, 0.05) is 47.2 Å². The quantitative estimate of drug-likeness (QED) is 0.255. The number of methoxy groups -OCH3 is 2. The number of fused-ring (bicyclic) bond motifs is 1. The minimum absolute atomic E-state index is 0.287. The van der Waals surface area contributed by atoms with Gasteiger partial charge in [0.15, 0.2) is 0 Å². The van der Waals surface area contributed by atoms with Crippen molar-refractivity contribution in [1.29, 1.82) is 0 Å². The Morgan fingerprint density at radius 1 is 1.03 bits per heavy atom. The molecule has 1 aliphatic rings. The molecule has 0 bridgehead atoms. The van der Waals surface area contributed by atoms with Gasteiger partial charge in [0.25, 0.3) is 0 Å². The van der Waals surface area contributed by atoms with E-state index in [2.05, 4.69) is 21.6 Å². The minimum atomic E-state index is 0.287. The van der Waals surface area contributed by atoms with E-state index in [1.54, 1.807) is 20.4 Å². The average Bonchev–Trinajstić information content (AvgIpc) is 3.46. The Hall–Kier alpha value is -3.55. The Labute approximate surface area is 221 Å². The molecule has 3 aromatic carbocycles. The molecule has 37 heavy (non-hydrogen) atoms. The molecule has 0 aliphatic carbocycles. The van der Waals surface area contributed by atoms with E-state index in [4.69, 9.17) is 30.5 Å². The molecule has 1 atom stereocenters. The molecule has 4 aromatic rings. The highest BCUT2D eigenvalue weighted by molar-refractivity contribution is 6.31. The van der Waals surface area contributed by atoms with Crippen molar-refractivity contribution in [3.8, 4) is 28.4 Å². The monoisotopic (exact) mass is 519 g/mol. The summed E-state index contributed by atoms with van der Waals surface area (Å²) in [4.78, 5) is 0. The van der Waals surface area contributed by atoms with Crippen molar-refractivity contribution >= 4 is 28.2 Å². The molecular formula is C29H30ClN3O4. The van der Waals surface area contributed by atoms with Crippen LogP contribution in [0.5, 0.6) is 17.2 Å². The van der Waals surface area contributed by atoms with Crippen LogP contribution in [-0.4, -0.2) is 43.7 Å². The number of hydrogen-bond acceptors (Lipinski definition) is 7. The Balaban J connectivity index is 1.36. The van der Waals surface area contributed by atoms with E-state index >= 15 is 0 Å². The van der Waals surface area contributed by atoms with Gasteiger partial charge in [-0.3, -0.25) is 0 Å². The second kappa shape index (κ2) is 11.7. The largest absolute Gasteiger partial charge is 0.497 e. The summed E-state index contributed by atoms with van der Waals surface area (Å²) < 4.78 is 22.7. The van der Waals surface area contributed by atoms with Crippen LogP contribution in [0.25, 0.3) is 22.0 Å². The van der Waals surface area contributed by atoms with Crippen molar-refractivity contribution in [1.82, 2.24) is 10.2 Å². The van der Waals surface area contributed by atoms with Gasteiger partial charge in [-0.15, -0.1) is 0 Å². The number of halogens is 1. The number of benzene rings is 3. The number of ether oxygens (including phenoxy) is 4. The van der Waals surface area contributed by atoms with E-state index in [1.165, 1.54) is 0 Å². The van der Waals surface area contributed by atoms with Crippen molar-refractivity contribution in [2.75, 3.05) is 32.8 Å². The summed E-state index contributed by atoms with van der Waals surface area (Å²) in [5.41, 5.74) is 4.55. The molecular weight excluding hydrogens is 490 g/mol. The van der Waals surface area contributed by atoms with Gasteiger partial charge in [-0.2, -0.15) is 10.2 Å². The van der Waals surface area contributed by atoms with Gasteiger partial charge >= 0.3 is 0 Å². The molecule has 5 rings (SSSR count). The van der Waals surface area contributed by atoms with Gasteiger partial charge in [0.1, 0.15) is 17.2 Å². The number of hydrogen-bond donors (Lipinski definition) is 1. The number of rotatable bonds is 10. The second-order valence-electron chi connectivity index (χ2n) is 8.93. The molecule has 7 nitrogen and oxygen atoms in total. The summed E-state index contributed by atoms with van der Waals surface area (Å²) in [5, 5.41) is 13.7. The molecule has 1 aromatic heterocycles. The molecule has 1 aliphatic heterocycles. The first-order valence-corrected chi connectivity index (χ1v) is 12.8. The maximum atomic E-state index is 6.36. The third-order valence-corrected chi connectivity index (χ3v) is 6.81. The van der Waals surface area contributed by atoms with E-state index in [-0.39, 0.29) is 6.10 Å². The van der Waals surface area contributed by atoms with Gasteiger partial charge in [0.2, 0.25) is 0 Å². The highest BCUT2D eigenvalue weighted by Gasteiger charge is 2.16. The van der Waals surface area contributed by atoms with Crippen molar-refractivity contribution in [3.63, 3.8) is 0 Å². The SMILES string of the molecule is COc1ccc(CNc2cnnc3cc(-c4cc(Cl)ccc4OCCC4CCCO4)ccc23)c(OC)c1. The van der Waals surface area contributed by atoms with E-state index in [1.807, 2.05) is 48.5 Å². The van der Waals surface area contributed by atoms with Crippen LogP contribution < -0.4 is 19.5 Å². The standard InChI is InChI=1S/C29H30ClN3O4/c1-34-23-8-5-20(29(16-23)35-2)17-31-27-18-32-33-26-14-19(6-9-24(26)27)25-15-21(30)7-10-28(25)37-13-11-22-4-3-12-36-22/h5-10,14-16,18,22H,3-4,11-13,17H2,1-2H3,(H,31,33). The lowest BCUT2D eigenvalue weighted by Gasteiger charge is -2.15. The van der Waals surface area contributed by atoms with Gasteiger partial charge < -0.3 is 24.3 Å². The Bertz CT molecular complexity index is 1370. The zero-order valence-corrected chi connectivity index (χ0v) is 21.8. The number of nitrogens with one attached hydrogen (secondary N) is 1. The molecule has 192 valence electrons. The van der Waals surface area contributed by atoms with Crippen molar-refractivity contribution in [2.24, 2.45) is 0 Å².